The van der Waals surface area contributed by atoms with E-state index in [2.05, 4.69) is 10.6 Å². The Bertz CT molecular complexity index is 905. The number of nitrogens with two attached hydrogens (primary N) is 1. The summed E-state index contributed by atoms with van der Waals surface area (Å²) in [6.07, 6.45) is 0.972. The van der Waals surface area contributed by atoms with Crippen molar-refractivity contribution in [1.29, 1.82) is 0 Å². The molecule has 9 nitrogen and oxygen atoms in total. The first-order chi connectivity index (χ1) is 16.7. The molecule has 1 rings (SSSR count). The van der Waals surface area contributed by atoms with Crippen molar-refractivity contribution < 1.29 is 23.9 Å². The van der Waals surface area contributed by atoms with Crippen molar-refractivity contribution in [2.45, 2.75) is 105 Å². The van der Waals surface area contributed by atoms with E-state index in [9.17, 15) is 19.2 Å². The van der Waals surface area contributed by atoms with E-state index in [1.54, 1.807) is 20.8 Å². The van der Waals surface area contributed by atoms with Crippen molar-refractivity contribution in [2.24, 2.45) is 5.73 Å². The lowest BCUT2D eigenvalue weighted by molar-refractivity contribution is -0.143. The second-order valence-corrected chi connectivity index (χ2v) is 10.4. The highest BCUT2D eigenvalue weighted by Gasteiger charge is 2.37. The summed E-state index contributed by atoms with van der Waals surface area (Å²) in [6, 6.07) is 3.42. The minimum atomic E-state index is -1.28. The Hall–Kier alpha value is -3.10. The molecule has 3 unspecified atom stereocenters. The summed E-state index contributed by atoms with van der Waals surface area (Å²) >= 11 is 0. The number of carbonyl (C=O) groups is 4. The molecule has 0 aromatic heterocycles. The van der Waals surface area contributed by atoms with Crippen LogP contribution in [0.4, 0.5) is 4.79 Å². The van der Waals surface area contributed by atoms with Crippen LogP contribution in [0, 0.1) is 13.8 Å². The summed E-state index contributed by atoms with van der Waals surface area (Å²) in [7, 11) is 0. The highest BCUT2D eigenvalue weighted by molar-refractivity contribution is 5.94. The molecular weight excluding hydrogens is 460 g/mol. The van der Waals surface area contributed by atoms with E-state index in [0.29, 0.717) is 12.0 Å². The van der Waals surface area contributed by atoms with Crippen molar-refractivity contribution in [3.8, 4) is 0 Å². The predicted molar refractivity (Wildman–Crippen MR) is 140 cm³/mol. The van der Waals surface area contributed by atoms with Crippen molar-refractivity contribution in [3.63, 3.8) is 0 Å². The van der Waals surface area contributed by atoms with Gasteiger partial charge in [-0.1, -0.05) is 49.6 Å². The summed E-state index contributed by atoms with van der Waals surface area (Å²) in [5.74, 6) is -1.66. The number of primary amides is 1. The summed E-state index contributed by atoms with van der Waals surface area (Å²) in [4.78, 5) is 53.2. The number of nitrogens with zero attached hydrogens (tertiary/aromatic N) is 1. The highest BCUT2D eigenvalue weighted by atomic mass is 16.6. The number of alkyl carbamates (subject to hydrolysis) is 1. The molecule has 4 amide bonds. The third kappa shape index (κ3) is 10.3. The number of hydrogen-bond donors (Lipinski definition) is 3. The van der Waals surface area contributed by atoms with Crippen molar-refractivity contribution in [1.82, 2.24) is 15.5 Å². The molecule has 0 saturated carbocycles. The van der Waals surface area contributed by atoms with E-state index < -0.39 is 42.0 Å². The van der Waals surface area contributed by atoms with Crippen molar-refractivity contribution >= 4 is 23.8 Å². The zero-order valence-electron chi connectivity index (χ0n) is 23.1. The molecule has 0 bridgehead atoms. The summed E-state index contributed by atoms with van der Waals surface area (Å²) in [5, 5.41) is 5.51. The largest absolute Gasteiger partial charge is 0.444 e. The Morgan fingerprint density at radius 2 is 1.58 bits per heavy atom. The molecule has 1 aromatic rings. The smallest absolute Gasteiger partial charge is 0.408 e. The molecule has 36 heavy (non-hydrogen) atoms. The third-order valence-electron chi connectivity index (χ3n) is 5.37. The number of benzene rings is 1. The number of carbonyl (C=O) groups excluding carboxylic acids is 4. The lowest BCUT2D eigenvalue weighted by atomic mass is 9.97. The van der Waals surface area contributed by atoms with Crippen molar-refractivity contribution in [3.05, 3.63) is 34.9 Å². The van der Waals surface area contributed by atoms with Crippen molar-refractivity contribution in [2.75, 3.05) is 6.54 Å². The van der Waals surface area contributed by atoms with E-state index in [4.69, 9.17) is 10.5 Å². The summed E-state index contributed by atoms with van der Waals surface area (Å²) < 4.78 is 5.29. The normalized spacial score (nSPS) is 13.8. The molecular formula is C27H44N4O5. The Morgan fingerprint density at radius 3 is 2.06 bits per heavy atom. The van der Waals surface area contributed by atoms with E-state index in [-0.39, 0.29) is 18.5 Å². The Kier molecular flexibility index (Phi) is 11.9. The molecule has 0 aliphatic heterocycles. The minimum Gasteiger partial charge on any atom is -0.444 e. The van der Waals surface area contributed by atoms with Crippen LogP contribution in [-0.2, 0) is 19.1 Å². The zero-order chi connectivity index (χ0) is 27.6. The van der Waals surface area contributed by atoms with Crippen LogP contribution in [0.2, 0.25) is 0 Å². The number of amides is 4. The molecule has 0 radical (unpaired) electrons. The van der Waals surface area contributed by atoms with Gasteiger partial charge in [-0.15, -0.1) is 0 Å². The molecule has 202 valence electrons. The van der Waals surface area contributed by atoms with E-state index in [1.165, 1.54) is 4.90 Å². The van der Waals surface area contributed by atoms with Crippen LogP contribution in [0.15, 0.2) is 18.2 Å². The van der Waals surface area contributed by atoms with Gasteiger partial charge in [0.15, 0.2) is 0 Å². The van der Waals surface area contributed by atoms with Gasteiger partial charge in [-0.05, 0) is 59.9 Å². The van der Waals surface area contributed by atoms with Gasteiger partial charge in [-0.25, -0.2) is 4.79 Å². The van der Waals surface area contributed by atoms with Crippen LogP contribution in [0.1, 0.15) is 90.0 Å². The standard InChI is InChI=1S/C27H44N4O5/c1-9-11-19(5)29-24(33)23(20-14-17(3)13-18(4)15-20)31(12-10-2)25(34)21(16-22(28)32)30-26(35)36-27(6,7)8/h13-15,19,21,23H,9-12,16H2,1-8H3,(H2,28,32)(H,29,33)(H,30,35). The fourth-order valence-electron chi connectivity index (χ4n) is 4.13. The van der Waals surface area contributed by atoms with Gasteiger partial charge < -0.3 is 26.0 Å². The van der Waals surface area contributed by atoms with Crippen LogP contribution < -0.4 is 16.4 Å². The number of ether oxygens (including phenoxy) is 1. The maximum absolute atomic E-state index is 13.8. The SMILES string of the molecule is CCCC(C)NC(=O)C(c1cc(C)cc(C)c1)N(CCC)C(=O)C(CC(N)=O)NC(=O)OC(C)(C)C. The van der Waals surface area contributed by atoms with E-state index in [1.807, 2.05) is 52.8 Å². The third-order valence-corrected chi connectivity index (χ3v) is 5.37. The first kappa shape index (κ1) is 30.9. The summed E-state index contributed by atoms with van der Waals surface area (Å²) in [5.41, 5.74) is 7.18. The Labute approximate surface area is 215 Å². The lowest BCUT2D eigenvalue weighted by Gasteiger charge is -2.35. The second-order valence-electron chi connectivity index (χ2n) is 10.4. The van der Waals surface area contributed by atoms with Gasteiger partial charge in [0.2, 0.25) is 17.7 Å². The molecule has 0 fully saturated rings. The number of rotatable bonds is 12. The topological polar surface area (TPSA) is 131 Å². The van der Waals surface area contributed by atoms with Gasteiger partial charge in [-0.2, -0.15) is 0 Å². The number of aryl methyl sites for hydroxylation is 2. The summed E-state index contributed by atoms with van der Waals surface area (Å²) in [6.45, 7) is 15.0. The fraction of sp³-hybridized carbons (Fsp3) is 0.630. The van der Waals surface area contributed by atoms with Crippen LogP contribution >= 0.6 is 0 Å². The van der Waals surface area contributed by atoms with Gasteiger partial charge >= 0.3 is 6.09 Å². The minimum absolute atomic E-state index is 0.0872. The molecule has 0 aliphatic rings. The Morgan fingerprint density at radius 1 is 1.00 bits per heavy atom. The van der Waals surface area contributed by atoms with Gasteiger partial charge in [0.25, 0.3) is 0 Å². The molecule has 0 spiro atoms. The maximum Gasteiger partial charge on any atom is 0.408 e. The van der Waals surface area contributed by atoms with Gasteiger partial charge in [0.1, 0.15) is 17.7 Å². The quantitative estimate of drug-likeness (QED) is 0.400. The van der Waals surface area contributed by atoms with Gasteiger partial charge in [0, 0.05) is 12.6 Å². The molecule has 3 atom stereocenters. The van der Waals surface area contributed by atoms with Gasteiger partial charge in [0.05, 0.1) is 6.42 Å². The molecule has 9 heteroatoms. The average Bonchev–Trinajstić information content (AvgIpc) is 2.70. The molecule has 1 aromatic carbocycles. The second kappa shape index (κ2) is 13.8. The first-order valence-corrected chi connectivity index (χ1v) is 12.6. The number of hydrogen-bond acceptors (Lipinski definition) is 5. The molecule has 0 aliphatic carbocycles. The molecule has 0 saturated heterocycles. The van der Waals surface area contributed by atoms with Crippen LogP contribution in [0.25, 0.3) is 0 Å². The average molecular weight is 505 g/mol. The first-order valence-electron chi connectivity index (χ1n) is 12.6. The molecule has 4 N–H and O–H groups in total. The maximum atomic E-state index is 13.8. The Balaban J connectivity index is 3.51. The zero-order valence-corrected chi connectivity index (χ0v) is 23.1. The van der Waals surface area contributed by atoms with E-state index in [0.717, 1.165) is 24.0 Å². The van der Waals surface area contributed by atoms with Crippen LogP contribution in [0.5, 0.6) is 0 Å². The lowest BCUT2D eigenvalue weighted by Crippen LogP contribution is -2.54. The van der Waals surface area contributed by atoms with E-state index >= 15 is 0 Å². The van der Waals surface area contributed by atoms with Gasteiger partial charge in [-0.3, -0.25) is 14.4 Å². The number of nitrogens with one attached hydrogen (secondary N) is 2. The predicted octanol–water partition coefficient (Wildman–Crippen LogP) is 3.66. The highest BCUT2D eigenvalue weighted by Crippen LogP contribution is 2.26. The van der Waals surface area contributed by atoms with Crippen LogP contribution in [-0.4, -0.2) is 52.9 Å². The van der Waals surface area contributed by atoms with Crippen LogP contribution in [0.3, 0.4) is 0 Å². The monoisotopic (exact) mass is 504 g/mol. The fourth-order valence-corrected chi connectivity index (χ4v) is 4.13. The molecule has 0 heterocycles.